The second-order valence-electron chi connectivity index (χ2n) is 12.0. The molecule has 3 amide bonds. The zero-order chi connectivity index (χ0) is 30.7. The molecule has 0 saturated carbocycles. The number of hydrogen-bond donors (Lipinski definition) is 2. The van der Waals surface area contributed by atoms with E-state index in [4.69, 9.17) is 9.47 Å². The number of carbonyl (C=O) groups excluding carboxylic acids is 4. The fraction of sp³-hybridized carbons (Fsp3) is 0.867. The van der Waals surface area contributed by atoms with Crippen LogP contribution in [0.2, 0.25) is 0 Å². The molecule has 2 heterocycles. The number of likely N-dealkylation sites (N-methyl/N-ethyl adjacent to an activating group) is 1. The molecule has 0 bridgehead atoms. The van der Waals surface area contributed by atoms with Crippen LogP contribution in [0, 0.1) is 17.8 Å². The molecule has 2 N–H and O–H groups in total. The first kappa shape index (κ1) is 35.1. The van der Waals surface area contributed by atoms with Crippen molar-refractivity contribution in [3.8, 4) is 0 Å². The molecule has 2 saturated heterocycles. The summed E-state index contributed by atoms with van der Waals surface area (Å²) in [7, 11) is 4.88. The van der Waals surface area contributed by atoms with Gasteiger partial charge in [-0.25, -0.2) is 0 Å². The highest BCUT2D eigenvalue weighted by atomic mass is 16.5. The van der Waals surface area contributed by atoms with E-state index in [1.165, 1.54) is 0 Å². The third-order valence-corrected chi connectivity index (χ3v) is 8.99. The Morgan fingerprint density at radius 1 is 1.07 bits per heavy atom. The first-order valence-corrected chi connectivity index (χ1v) is 15.3. The van der Waals surface area contributed by atoms with Crippen LogP contribution in [-0.2, 0) is 28.7 Å². The minimum absolute atomic E-state index is 0.0536. The summed E-state index contributed by atoms with van der Waals surface area (Å²) in [6.45, 7) is 13.7. The van der Waals surface area contributed by atoms with E-state index < -0.39 is 6.10 Å². The maximum Gasteiger partial charge on any atom is 0.242 e. The summed E-state index contributed by atoms with van der Waals surface area (Å²) in [6, 6.07) is -0.830. The Labute approximate surface area is 247 Å². The van der Waals surface area contributed by atoms with Crippen LogP contribution >= 0.6 is 0 Å². The maximum atomic E-state index is 13.6. The van der Waals surface area contributed by atoms with Crippen LogP contribution in [0.25, 0.3) is 0 Å². The van der Waals surface area contributed by atoms with E-state index >= 15 is 0 Å². The van der Waals surface area contributed by atoms with Gasteiger partial charge in [-0.3, -0.25) is 19.3 Å². The predicted molar refractivity (Wildman–Crippen MR) is 158 cm³/mol. The summed E-state index contributed by atoms with van der Waals surface area (Å²) >= 11 is 0. The molecule has 11 heteroatoms. The number of ether oxygens (including phenoxy) is 2. The Balaban J connectivity index is 2.11. The number of carbonyl (C=O) groups is 4. The van der Waals surface area contributed by atoms with Gasteiger partial charge in [-0.15, -0.1) is 0 Å². The predicted octanol–water partition coefficient (Wildman–Crippen LogP) is 1.15. The normalized spacial score (nSPS) is 22.5. The fourth-order valence-corrected chi connectivity index (χ4v) is 6.52. The third kappa shape index (κ3) is 9.20. The molecule has 2 fully saturated rings. The second kappa shape index (κ2) is 17.1. The van der Waals surface area contributed by atoms with Crippen molar-refractivity contribution in [1.82, 2.24) is 25.3 Å². The van der Waals surface area contributed by atoms with Gasteiger partial charge in [-0.2, -0.15) is 0 Å². The highest BCUT2D eigenvalue weighted by Crippen LogP contribution is 2.28. The van der Waals surface area contributed by atoms with Gasteiger partial charge in [0, 0.05) is 59.9 Å². The lowest BCUT2D eigenvalue weighted by Crippen LogP contribution is -2.57. The van der Waals surface area contributed by atoms with Gasteiger partial charge in [0.05, 0.1) is 43.3 Å². The Hall–Kier alpha value is -2.08. The zero-order valence-electron chi connectivity index (χ0n) is 26.6. The summed E-state index contributed by atoms with van der Waals surface area (Å²) < 4.78 is 11.5. The quantitative estimate of drug-likeness (QED) is 0.261. The molecular formula is C30H55N5O6. The summed E-state index contributed by atoms with van der Waals surface area (Å²) in [4.78, 5) is 57.3. The maximum absolute atomic E-state index is 13.6. The van der Waals surface area contributed by atoms with Crippen molar-refractivity contribution < 1.29 is 28.7 Å². The lowest BCUT2D eigenvalue weighted by molar-refractivity contribution is -0.145. The van der Waals surface area contributed by atoms with Gasteiger partial charge >= 0.3 is 0 Å². The SMILES string of the molecule is CCC(C)C(C(CC(=O)N1CCCC1C(OC)C(C)C=O)OC)N(C)C(=O)CNC(=O)C(C(C)C)N1CCNCC1. The Kier molecular flexibility index (Phi) is 14.7. The summed E-state index contributed by atoms with van der Waals surface area (Å²) in [5.41, 5.74) is 0. The number of rotatable bonds is 16. The topological polar surface area (TPSA) is 121 Å². The number of piperazine rings is 1. The van der Waals surface area contributed by atoms with Crippen molar-refractivity contribution in [1.29, 1.82) is 0 Å². The van der Waals surface area contributed by atoms with E-state index in [0.29, 0.717) is 6.54 Å². The fourth-order valence-electron chi connectivity index (χ4n) is 6.52. The number of amides is 3. The van der Waals surface area contributed by atoms with E-state index in [1.807, 2.05) is 39.5 Å². The minimum atomic E-state index is -0.530. The van der Waals surface area contributed by atoms with Crippen LogP contribution in [0.3, 0.4) is 0 Å². The molecule has 2 rings (SSSR count). The monoisotopic (exact) mass is 581 g/mol. The lowest BCUT2D eigenvalue weighted by Gasteiger charge is -2.39. The summed E-state index contributed by atoms with van der Waals surface area (Å²) in [6.07, 6.45) is 2.49. The van der Waals surface area contributed by atoms with Crippen LogP contribution in [-0.4, -0.2) is 130 Å². The molecule has 0 aromatic carbocycles. The summed E-state index contributed by atoms with van der Waals surface area (Å²) in [5.74, 6) is -0.598. The molecular weight excluding hydrogens is 526 g/mol. The number of methoxy groups -OCH3 is 2. The number of nitrogens with zero attached hydrogens (tertiary/aromatic N) is 3. The van der Waals surface area contributed by atoms with Gasteiger partial charge in [0.25, 0.3) is 0 Å². The van der Waals surface area contributed by atoms with E-state index in [2.05, 4.69) is 15.5 Å². The first-order valence-electron chi connectivity index (χ1n) is 15.3. The number of nitrogens with one attached hydrogen (secondary N) is 2. The van der Waals surface area contributed by atoms with E-state index in [0.717, 1.165) is 51.7 Å². The standard InChI is InChI=1S/C30H55N5O6/c1-9-21(4)28(24(40-7)17-25(37)35-14-10-11-23(35)29(41-8)22(5)19-36)33(6)26(38)18-32-30(39)27(20(2)3)34-15-12-31-13-16-34/h19-24,27-29,31H,9-18H2,1-8H3,(H,32,39). The molecule has 2 aliphatic heterocycles. The molecule has 0 radical (unpaired) electrons. The van der Waals surface area contributed by atoms with Gasteiger partial charge in [-0.1, -0.05) is 41.0 Å². The molecule has 0 aromatic heterocycles. The molecule has 0 aromatic rings. The van der Waals surface area contributed by atoms with Crippen molar-refractivity contribution in [2.24, 2.45) is 17.8 Å². The Bertz CT molecular complexity index is 851. The van der Waals surface area contributed by atoms with Crippen molar-refractivity contribution in [2.45, 2.75) is 90.6 Å². The number of likely N-dealkylation sites (tertiary alicyclic amines) is 1. The van der Waals surface area contributed by atoms with Crippen LogP contribution in [0.1, 0.15) is 60.3 Å². The van der Waals surface area contributed by atoms with Crippen molar-refractivity contribution >= 4 is 24.0 Å². The number of hydrogen-bond acceptors (Lipinski definition) is 8. The number of aldehydes is 1. The average molecular weight is 582 g/mol. The van der Waals surface area contributed by atoms with Crippen molar-refractivity contribution in [2.75, 3.05) is 60.5 Å². The minimum Gasteiger partial charge on any atom is -0.379 e. The average Bonchev–Trinajstić information content (AvgIpc) is 3.45. The molecule has 11 nitrogen and oxygen atoms in total. The molecule has 7 unspecified atom stereocenters. The summed E-state index contributed by atoms with van der Waals surface area (Å²) in [5, 5.41) is 6.20. The van der Waals surface area contributed by atoms with Gasteiger partial charge < -0.3 is 34.7 Å². The highest BCUT2D eigenvalue weighted by molar-refractivity contribution is 5.87. The smallest absolute Gasteiger partial charge is 0.242 e. The largest absolute Gasteiger partial charge is 0.379 e. The van der Waals surface area contributed by atoms with Gasteiger partial charge in [0.15, 0.2) is 0 Å². The molecule has 2 aliphatic rings. The van der Waals surface area contributed by atoms with Gasteiger partial charge in [-0.05, 0) is 24.7 Å². The first-order chi connectivity index (χ1) is 19.5. The molecule has 236 valence electrons. The molecule has 7 atom stereocenters. The van der Waals surface area contributed by atoms with E-state index in [9.17, 15) is 19.2 Å². The van der Waals surface area contributed by atoms with Gasteiger partial charge in [0.1, 0.15) is 6.29 Å². The molecule has 0 aliphatic carbocycles. The van der Waals surface area contributed by atoms with Crippen LogP contribution in [0.4, 0.5) is 0 Å². The van der Waals surface area contributed by atoms with E-state index in [1.54, 1.807) is 26.2 Å². The van der Waals surface area contributed by atoms with Gasteiger partial charge in [0.2, 0.25) is 17.7 Å². The zero-order valence-corrected chi connectivity index (χ0v) is 26.6. The Morgan fingerprint density at radius 3 is 2.27 bits per heavy atom. The van der Waals surface area contributed by atoms with Crippen molar-refractivity contribution in [3.05, 3.63) is 0 Å². The van der Waals surface area contributed by atoms with Crippen LogP contribution < -0.4 is 10.6 Å². The second-order valence-corrected chi connectivity index (χ2v) is 12.0. The highest BCUT2D eigenvalue weighted by Gasteiger charge is 2.40. The lowest BCUT2D eigenvalue weighted by atomic mass is 9.90. The van der Waals surface area contributed by atoms with Crippen LogP contribution in [0.5, 0.6) is 0 Å². The van der Waals surface area contributed by atoms with E-state index in [-0.39, 0.29) is 72.7 Å². The molecule has 41 heavy (non-hydrogen) atoms. The molecule has 0 spiro atoms. The third-order valence-electron chi connectivity index (χ3n) is 8.99. The van der Waals surface area contributed by atoms with Crippen LogP contribution in [0.15, 0.2) is 0 Å². The Morgan fingerprint density at radius 2 is 1.73 bits per heavy atom. The van der Waals surface area contributed by atoms with Crippen molar-refractivity contribution in [3.63, 3.8) is 0 Å².